The zero-order valence-corrected chi connectivity index (χ0v) is 15.6. The summed E-state index contributed by atoms with van der Waals surface area (Å²) in [5.41, 5.74) is 6.95. The van der Waals surface area contributed by atoms with Gasteiger partial charge in [-0.2, -0.15) is 10.1 Å². The van der Waals surface area contributed by atoms with Gasteiger partial charge in [-0.3, -0.25) is 4.79 Å². The molecule has 2 atom stereocenters. The van der Waals surface area contributed by atoms with Gasteiger partial charge in [0, 0.05) is 5.70 Å². The van der Waals surface area contributed by atoms with Crippen LogP contribution in [0.1, 0.15) is 37.8 Å². The third kappa shape index (κ3) is 3.74. The first-order valence-corrected chi connectivity index (χ1v) is 9.02. The lowest BCUT2D eigenvalue weighted by molar-refractivity contribution is -0.121. The van der Waals surface area contributed by atoms with E-state index in [9.17, 15) is 4.79 Å². The summed E-state index contributed by atoms with van der Waals surface area (Å²) in [5, 5.41) is 7.24. The topological polar surface area (TPSA) is 104 Å². The third-order valence-electron chi connectivity index (χ3n) is 4.64. The van der Waals surface area contributed by atoms with E-state index in [1.807, 2.05) is 18.2 Å². The highest BCUT2D eigenvalue weighted by molar-refractivity contribution is 5.82. The van der Waals surface area contributed by atoms with Gasteiger partial charge in [0.15, 0.2) is 11.5 Å². The van der Waals surface area contributed by atoms with Crippen LogP contribution in [0.5, 0.6) is 11.5 Å². The number of nitrogens with zero attached hydrogens (tertiary/aromatic N) is 3. The van der Waals surface area contributed by atoms with Gasteiger partial charge in [-0.05, 0) is 24.1 Å². The van der Waals surface area contributed by atoms with Gasteiger partial charge in [-0.1, -0.05) is 32.4 Å². The molecule has 8 nitrogen and oxygen atoms in total. The number of nitrogens with two attached hydrogens (primary N) is 1. The van der Waals surface area contributed by atoms with Crippen LogP contribution in [0.3, 0.4) is 0 Å². The Hall–Kier alpha value is -3.03. The fourth-order valence-electron chi connectivity index (χ4n) is 3.28. The summed E-state index contributed by atoms with van der Waals surface area (Å²) in [6.07, 6.45) is 4.66. The molecule has 1 amide bonds. The summed E-state index contributed by atoms with van der Waals surface area (Å²) >= 11 is 0. The zero-order valence-electron chi connectivity index (χ0n) is 15.6. The Bertz CT molecular complexity index is 833. The van der Waals surface area contributed by atoms with Gasteiger partial charge in [0.05, 0.1) is 19.8 Å². The maximum atomic E-state index is 12.1. The van der Waals surface area contributed by atoms with Crippen molar-refractivity contribution in [1.29, 1.82) is 0 Å². The minimum Gasteiger partial charge on any atom is -0.493 e. The van der Waals surface area contributed by atoms with Gasteiger partial charge in [0.2, 0.25) is 11.9 Å². The number of ether oxygens (including phenoxy) is 2. The van der Waals surface area contributed by atoms with Crippen LogP contribution >= 0.6 is 0 Å². The number of hydrogen-bond acceptors (Lipinski definition) is 6. The fourth-order valence-corrected chi connectivity index (χ4v) is 3.28. The van der Waals surface area contributed by atoms with Crippen molar-refractivity contribution in [3.05, 3.63) is 42.4 Å². The van der Waals surface area contributed by atoms with Crippen molar-refractivity contribution >= 4 is 11.9 Å². The first-order valence-electron chi connectivity index (χ1n) is 9.02. The molecule has 0 bridgehead atoms. The van der Waals surface area contributed by atoms with Crippen LogP contribution in [0.4, 0.5) is 5.95 Å². The Balaban J connectivity index is 1.94. The molecular weight excluding hydrogens is 346 g/mol. The van der Waals surface area contributed by atoms with Crippen molar-refractivity contribution in [3.63, 3.8) is 0 Å². The average molecular weight is 371 g/mol. The molecule has 0 spiro atoms. The van der Waals surface area contributed by atoms with E-state index in [-0.39, 0.29) is 0 Å². The molecule has 1 aromatic carbocycles. The van der Waals surface area contributed by atoms with Crippen LogP contribution in [0.15, 0.2) is 36.8 Å². The first-order chi connectivity index (χ1) is 13.1. The summed E-state index contributed by atoms with van der Waals surface area (Å²) in [6, 6.07) is 5.12. The number of carbonyl (C=O) groups is 1. The van der Waals surface area contributed by atoms with E-state index in [0.717, 1.165) is 24.8 Å². The Morgan fingerprint density at radius 2 is 2.19 bits per heavy atom. The van der Waals surface area contributed by atoms with Crippen LogP contribution in [-0.4, -0.2) is 34.4 Å². The van der Waals surface area contributed by atoms with E-state index in [0.29, 0.717) is 29.8 Å². The summed E-state index contributed by atoms with van der Waals surface area (Å²) in [6.45, 7) is 6.72. The lowest BCUT2D eigenvalue weighted by atomic mass is 9.88. The number of unbranched alkanes of at least 4 members (excludes halogenated alkanes) is 2. The molecule has 1 aromatic heterocycles. The number of anilines is 1. The molecule has 0 radical (unpaired) electrons. The molecule has 3 N–H and O–H groups in total. The van der Waals surface area contributed by atoms with Gasteiger partial charge in [0.25, 0.3) is 0 Å². The smallest absolute Gasteiger partial charge is 0.229 e. The molecule has 2 aromatic rings. The van der Waals surface area contributed by atoms with Gasteiger partial charge in [-0.25, -0.2) is 4.68 Å². The molecule has 1 aliphatic heterocycles. The lowest BCUT2D eigenvalue weighted by Gasteiger charge is -2.33. The second-order valence-corrected chi connectivity index (χ2v) is 6.47. The number of aromatic nitrogens is 3. The van der Waals surface area contributed by atoms with Crippen molar-refractivity contribution in [1.82, 2.24) is 14.8 Å². The molecule has 0 aliphatic carbocycles. The van der Waals surface area contributed by atoms with Gasteiger partial charge >= 0.3 is 0 Å². The molecule has 27 heavy (non-hydrogen) atoms. The number of amides is 1. The maximum absolute atomic E-state index is 12.1. The standard InChI is InChI=1S/C19H25N5O3/c1-4-5-6-9-27-14-8-7-13(10-15(14)26-3)17-16(18(20)25)12(2)23-19-21-11-22-24(17)19/h7-8,10-11,16-17H,2,4-6,9H2,1,3H3,(H2,20,25)(H,21,22,23)/t16-,17+/m1/s1. The minimum atomic E-state index is -0.666. The SMILES string of the molecule is C=C1Nc2ncnn2[C@@H](c2ccc(OCCCCC)c(OC)c2)[C@@H]1C(N)=O. The van der Waals surface area contributed by atoms with E-state index >= 15 is 0 Å². The van der Waals surface area contributed by atoms with E-state index in [4.69, 9.17) is 15.2 Å². The number of rotatable bonds is 8. The Labute approximate surface area is 158 Å². The van der Waals surface area contributed by atoms with Gasteiger partial charge < -0.3 is 20.5 Å². The molecule has 0 saturated carbocycles. The highest BCUT2D eigenvalue weighted by Crippen LogP contribution is 2.39. The van der Waals surface area contributed by atoms with Gasteiger partial charge in [0.1, 0.15) is 12.2 Å². The molecule has 2 heterocycles. The van der Waals surface area contributed by atoms with Crippen LogP contribution in [0, 0.1) is 5.92 Å². The maximum Gasteiger partial charge on any atom is 0.229 e. The number of benzene rings is 1. The van der Waals surface area contributed by atoms with Crippen LogP contribution in [0.2, 0.25) is 0 Å². The molecular formula is C19H25N5O3. The zero-order chi connectivity index (χ0) is 19.4. The van der Waals surface area contributed by atoms with Crippen LogP contribution in [-0.2, 0) is 4.79 Å². The van der Waals surface area contributed by atoms with Crippen molar-refractivity contribution in [2.24, 2.45) is 11.7 Å². The summed E-state index contributed by atoms with van der Waals surface area (Å²) in [4.78, 5) is 16.3. The Kier molecular flexibility index (Phi) is 5.63. The quantitative estimate of drug-likeness (QED) is 0.691. The summed E-state index contributed by atoms with van der Waals surface area (Å²) in [5.74, 6) is 0.622. The van der Waals surface area contributed by atoms with Crippen molar-refractivity contribution in [3.8, 4) is 11.5 Å². The summed E-state index contributed by atoms with van der Waals surface area (Å²) in [7, 11) is 1.59. The van der Waals surface area contributed by atoms with E-state index < -0.39 is 17.9 Å². The second-order valence-electron chi connectivity index (χ2n) is 6.47. The monoisotopic (exact) mass is 371 g/mol. The largest absolute Gasteiger partial charge is 0.493 e. The van der Waals surface area contributed by atoms with Crippen LogP contribution < -0.4 is 20.5 Å². The molecule has 0 unspecified atom stereocenters. The molecule has 0 fully saturated rings. The Morgan fingerprint density at radius 3 is 2.89 bits per heavy atom. The molecule has 8 heteroatoms. The number of nitrogens with one attached hydrogen (secondary N) is 1. The predicted octanol–water partition coefficient (Wildman–Crippen LogP) is 2.49. The molecule has 144 valence electrons. The van der Waals surface area contributed by atoms with Crippen molar-refractivity contribution in [2.45, 2.75) is 32.2 Å². The number of carbonyl (C=O) groups excluding carboxylic acids is 1. The number of primary amides is 1. The second kappa shape index (κ2) is 8.11. The average Bonchev–Trinajstić information content (AvgIpc) is 3.11. The van der Waals surface area contributed by atoms with Crippen molar-refractivity contribution < 1.29 is 14.3 Å². The normalized spacial score (nSPS) is 18.5. The van der Waals surface area contributed by atoms with Crippen molar-refractivity contribution in [2.75, 3.05) is 19.0 Å². The Morgan fingerprint density at radius 1 is 1.37 bits per heavy atom. The first kappa shape index (κ1) is 18.8. The highest BCUT2D eigenvalue weighted by Gasteiger charge is 2.38. The fraction of sp³-hybridized carbons (Fsp3) is 0.421. The van der Waals surface area contributed by atoms with Crippen LogP contribution in [0.25, 0.3) is 0 Å². The molecule has 3 rings (SSSR count). The van der Waals surface area contributed by atoms with E-state index in [1.165, 1.54) is 6.33 Å². The summed E-state index contributed by atoms with van der Waals surface area (Å²) < 4.78 is 13.0. The third-order valence-corrected chi connectivity index (χ3v) is 4.64. The van der Waals surface area contributed by atoms with E-state index in [1.54, 1.807) is 11.8 Å². The number of fused-ring (bicyclic) bond motifs is 1. The molecule has 0 saturated heterocycles. The molecule has 1 aliphatic rings. The number of hydrogen-bond donors (Lipinski definition) is 2. The highest BCUT2D eigenvalue weighted by atomic mass is 16.5. The van der Waals surface area contributed by atoms with E-state index in [2.05, 4.69) is 28.9 Å². The minimum absolute atomic E-state index is 0.461. The van der Waals surface area contributed by atoms with Gasteiger partial charge in [-0.15, -0.1) is 0 Å². The lowest BCUT2D eigenvalue weighted by Crippen LogP contribution is -2.40. The predicted molar refractivity (Wildman–Crippen MR) is 102 cm³/mol. The number of methoxy groups -OCH3 is 1.